The highest BCUT2D eigenvalue weighted by Crippen LogP contribution is 2.19. The van der Waals surface area contributed by atoms with E-state index in [0.717, 1.165) is 32.2 Å². The van der Waals surface area contributed by atoms with Gasteiger partial charge in [0, 0.05) is 31.2 Å². The zero-order chi connectivity index (χ0) is 12.1. The van der Waals surface area contributed by atoms with Gasteiger partial charge in [-0.15, -0.1) is 11.3 Å². The number of nitrogens with two attached hydrogens (primary N) is 1. The zero-order valence-corrected chi connectivity index (χ0v) is 11.3. The topological polar surface area (TPSA) is 38.5 Å². The third-order valence-electron chi connectivity index (χ3n) is 3.33. The molecule has 1 atom stereocenters. The molecule has 2 rings (SSSR count). The second kappa shape index (κ2) is 6.50. The summed E-state index contributed by atoms with van der Waals surface area (Å²) in [7, 11) is 2.17. The predicted octanol–water partition coefficient (Wildman–Crippen LogP) is 2.11. The summed E-state index contributed by atoms with van der Waals surface area (Å²) in [5.74, 6) is 0.782. The van der Waals surface area contributed by atoms with Crippen LogP contribution in [0, 0.1) is 5.92 Å². The molecule has 4 heteroatoms. The second-order valence-electron chi connectivity index (χ2n) is 4.90. The molecule has 0 aromatic carbocycles. The summed E-state index contributed by atoms with van der Waals surface area (Å²) in [6.07, 6.45) is 2.39. The average Bonchev–Trinajstić information content (AvgIpc) is 2.83. The minimum absolute atomic E-state index is 0.153. The first-order valence-electron chi connectivity index (χ1n) is 6.31. The summed E-state index contributed by atoms with van der Waals surface area (Å²) in [6, 6.07) is 4.34. The maximum atomic E-state index is 6.19. The van der Waals surface area contributed by atoms with E-state index in [4.69, 9.17) is 10.5 Å². The number of thiophene rings is 1. The number of hydrogen-bond donors (Lipinski definition) is 1. The monoisotopic (exact) mass is 254 g/mol. The molecule has 0 saturated carbocycles. The standard InChI is InChI=1S/C13H22N2OS/c1-15(9-11-4-6-16-7-5-11)10-12(14)13-3-2-8-17-13/h2-3,8,11-12H,4-7,9-10,14H2,1H3. The van der Waals surface area contributed by atoms with E-state index in [2.05, 4.69) is 29.5 Å². The molecule has 1 unspecified atom stereocenters. The van der Waals surface area contributed by atoms with Gasteiger partial charge in [-0.05, 0) is 37.3 Å². The first-order valence-corrected chi connectivity index (χ1v) is 7.19. The molecule has 3 nitrogen and oxygen atoms in total. The molecule has 1 aliphatic rings. The van der Waals surface area contributed by atoms with Crippen molar-refractivity contribution in [1.82, 2.24) is 4.90 Å². The van der Waals surface area contributed by atoms with E-state index in [9.17, 15) is 0 Å². The Morgan fingerprint density at radius 2 is 2.29 bits per heavy atom. The van der Waals surface area contributed by atoms with E-state index in [0.29, 0.717) is 0 Å². The van der Waals surface area contributed by atoms with Gasteiger partial charge < -0.3 is 15.4 Å². The Morgan fingerprint density at radius 3 is 2.94 bits per heavy atom. The highest BCUT2D eigenvalue weighted by molar-refractivity contribution is 7.10. The normalized spacial score (nSPS) is 19.7. The fourth-order valence-corrected chi connectivity index (χ4v) is 3.09. The van der Waals surface area contributed by atoms with Crippen molar-refractivity contribution >= 4 is 11.3 Å². The third kappa shape index (κ3) is 4.07. The highest BCUT2D eigenvalue weighted by atomic mass is 32.1. The van der Waals surface area contributed by atoms with Crippen molar-refractivity contribution in [3.05, 3.63) is 22.4 Å². The predicted molar refractivity (Wildman–Crippen MR) is 72.3 cm³/mol. The van der Waals surface area contributed by atoms with E-state index < -0.39 is 0 Å². The quantitative estimate of drug-likeness (QED) is 0.874. The van der Waals surface area contributed by atoms with Crippen molar-refractivity contribution in [1.29, 1.82) is 0 Å². The van der Waals surface area contributed by atoms with Crippen molar-refractivity contribution in [3.63, 3.8) is 0 Å². The minimum atomic E-state index is 0.153. The zero-order valence-electron chi connectivity index (χ0n) is 10.5. The Balaban J connectivity index is 1.74. The van der Waals surface area contributed by atoms with Crippen LogP contribution in [0.4, 0.5) is 0 Å². The van der Waals surface area contributed by atoms with Gasteiger partial charge in [0.05, 0.1) is 6.04 Å². The number of rotatable bonds is 5. The number of hydrogen-bond acceptors (Lipinski definition) is 4. The number of ether oxygens (including phenoxy) is 1. The summed E-state index contributed by atoms with van der Waals surface area (Å²) >= 11 is 1.75. The molecule has 2 N–H and O–H groups in total. The van der Waals surface area contributed by atoms with Gasteiger partial charge in [-0.1, -0.05) is 6.07 Å². The Morgan fingerprint density at radius 1 is 1.53 bits per heavy atom. The maximum absolute atomic E-state index is 6.19. The number of likely N-dealkylation sites (N-methyl/N-ethyl adjacent to an activating group) is 1. The largest absolute Gasteiger partial charge is 0.381 e. The summed E-state index contributed by atoms with van der Waals surface area (Å²) in [4.78, 5) is 3.64. The van der Waals surface area contributed by atoms with Crippen molar-refractivity contribution in [2.24, 2.45) is 11.7 Å². The van der Waals surface area contributed by atoms with Crippen LogP contribution in [-0.2, 0) is 4.74 Å². The lowest BCUT2D eigenvalue weighted by Gasteiger charge is -2.28. The van der Waals surface area contributed by atoms with E-state index in [1.54, 1.807) is 11.3 Å². The van der Waals surface area contributed by atoms with E-state index in [-0.39, 0.29) is 6.04 Å². The van der Waals surface area contributed by atoms with Crippen molar-refractivity contribution in [3.8, 4) is 0 Å². The molecule has 17 heavy (non-hydrogen) atoms. The first kappa shape index (κ1) is 13.0. The smallest absolute Gasteiger partial charge is 0.0518 e. The molecule has 1 aromatic heterocycles. The molecular formula is C13H22N2OS. The lowest BCUT2D eigenvalue weighted by atomic mass is 10.00. The maximum Gasteiger partial charge on any atom is 0.0518 e. The van der Waals surface area contributed by atoms with Crippen LogP contribution >= 0.6 is 11.3 Å². The van der Waals surface area contributed by atoms with Gasteiger partial charge >= 0.3 is 0 Å². The second-order valence-corrected chi connectivity index (χ2v) is 5.88. The van der Waals surface area contributed by atoms with Gasteiger partial charge in [-0.3, -0.25) is 0 Å². The van der Waals surface area contributed by atoms with Gasteiger partial charge in [0.15, 0.2) is 0 Å². The Bertz CT molecular complexity index is 309. The Hall–Kier alpha value is -0.420. The van der Waals surface area contributed by atoms with Crippen LogP contribution in [0.2, 0.25) is 0 Å². The lowest BCUT2D eigenvalue weighted by molar-refractivity contribution is 0.0552. The molecule has 2 heterocycles. The summed E-state index contributed by atoms with van der Waals surface area (Å²) in [5.41, 5.74) is 6.19. The van der Waals surface area contributed by atoms with Gasteiger partial charge in [-0.25, -0.2) is 0 Å². The summed E-state index contributed by atoms with van der Waals surface area (Å²) in [5, 5.41) is 2.09. The fourth-order valence-electron chi connectivity index (χ4n) is 2.37. The molecule has 1 fully saturated rings. The van der Waals surface area contributed by atoms with Crippen molar-refractivity contribution < 1.29 is 4.74 Å². The molecule has 0 bridgehead atoms. The van der Waals surface area contributed by atoms with Gasteiger partial charge in [0.2, 0.25) is 0 Å². The Labute approximate surface area is 108 Å². The molecule has 1 aliphatic heterocycles. The lowest BCUT2D eigenvalue weighted by Crippen LogP contribution is -2.34. The molecule has 96 valence electrons. The molecule has 1 saturated heterocycles. The van der Waals surface area contributed by atoms with Crippen LogP contribution in [0.3, 0.4) is 0 Å². The molecule has 0 aliphatic carbocycles. The van der Waals surface area contributed by atoms with Crippen LogP contribution in [0.15, 0.2) is 17.5 Å². The molecule has 0 amide bonds. The van der Waals surface area contributed by atoms with E-state index in [1.807, 2.05) is 0 Å². The van der Waals surface area contributed by atoms with Gasteiger partial charge in [0.1, 0.15) is 0 Å². The Kier molecular flexibility index (Phi) is 4.98. The summed E-state index contributed by atoms with van der Waals surface area (Å²) < 4.78 is 5.38. The van der Waals surface area contributed by atoms with E-state index in [1.165, 1.54) is 17.7 Å². The van der Waals surface area contributed by atoms with Gasteiger partial charge in [0.25, 0.3) is 0 Å². The number of nitrogens with zero attached hydrogens (tertiary/aromatic N) is 1. The highest BCUT2D eigenvalue weighted by Gasteiger charge is 2.17. The molecular weight excluding hydrogens is 232 g/mol. The molecule has 1 aromatic rings. The third-order valence-corrected chi connectivity index (χ3v) is 4.33. The summed E-state index contributed by atoms with van der Waals surface area (Å²) in [6.45, 7) is 3.94. The molecule has 0 spiro atoms. The van der Waals surface area contributed by atoms with Crippen molar-refractivity contribution in [2.45, 2.75) is 18.9 Å². The van der Waals surface area contributed by atoms with E-state index >= 15 is 0 Å². The fraction of sp³-hybridized carbons (Fsp3) is 0.692. The van der Waals surface area contributed by atoms with Crippen LogP contribution in [0.5, 0.6) is 0 Å². The van der Waals surface area contributed by atoms with Gasteiger partial charge in [-0.2, -0.15) is 0 Å². The SMILES string of the molecule is CN(CC1CCOCC1)CC(N)c1cccs1. The average molecular weight is 254 g/mol. The van der Waals surface area contributed by atoms with Crippen LogP contribution in [0.25, 0.3) is 0 Å². The first-order chi connectivity index (χ1) is 8.25. The van der Waals surface area contributed by atoms with Crippen molar-refractivity contribution in [2.75, 3.05) is 33.4 Å². The molecule has 0 radical (unpaired) electrons. The van der Waals surface area contributed by atoms with Crippen LogP contribution in [-0.4, -0.2) is 38.3 Å². The van der Waals surface area contributed by atoms with Crippen LogP contribution in [0.1, 0.15) is 23.8 Å². The minimum Gasteiger partial charge on any atom is -0.381 e. The van der Waals surface area contributed by atoms with Crippen LogP contribution < -0.4 is 5.73 Å².